The first-order valence-electron chi connectivity index (χ1n) is 7.19. The number of carboxylic acids is 1. The van der Waals surface area contributed by atoms with Gasteiger partial charge in [0, 0.05) is 12.6 Å². The number of benzene rings is 1. The second-order valence-electron chi connectivity index (χ2n) is 5.68. The lowest BCUT2D eigenvalue weighted by Crippen LogP contribution is -2.51. The SMILES string of the molecule is C[C@@H]1C[C@H](C(=O)O)CN(C(=O)OCc2ccccc2)[C@@H]1C. The molecule has 0 saturated carbocycles. The highest BCUT2D eigenvalue weighted by atomic mass is 16.6. The molecule has 1 amide bonds. The first-order chi connectivity index (χ1) is 9.99. The maximum atomic E-state index is 12.2. The highest BCUT2D eigenvalue weighted by Crippen LogP contribution is 2.28. The lowest BCUT2D eigenvalue weighted by molar-refractivity contribution is -0.144. The Bertz CT molecular complexity index is 502. The van der Waals surface area contributed by atoms with Crippen molar-refractivity contribution in [1.29, 1.82) is 0 Å². The Hall–Kier alpha value is -2.04. The number of piperidine rings is 1. The molecule has 1 N–H and O–H groups in total. The van der Waals surface area contributed by atoms with Crippen LogP contribution >= 0.6 is 0 Å². The quantitative estimate of drug-likeness (QED) is 0.930. The number of hydrogen-bond donors (Lipinski definition) is 1. The largest absolute Gasteiger partial charge is 0.481 e. The van der Waals surface area contributed by atoms with Crippen LogP contribution in [0.1, 0.15) is 25.8 Å². The lowest BCUT2D eigenvalue weighted by atomic mass is 9.85. The third kappa shape index (κ3) is 3.74. The van der Waals surface area contributed by atoms with Gasteiger partial charge in [-0.2, -0.15) is 0 Å². The first-order valence-corrected chi connectivity index (χ1v) is 7.19. The molecule has 1 fully saturated rings. The van der Waals surface area contributed by atoms with Crippen LogP contribution in [0, 0.1) is 11.8 Å². The summed E-state index contributed by atoms with van der Waals surface area (Å²) in [5, 5.41) is 9.17. The molecule has 114 valence electrons. The molecule has 2 rings (SSSR count). The van der Waals surface area contributed by atoms with E-state index in [1.807, 2.05) is 44.2 Å². The van der Waals surface area contributed by atoms with Gasteiger partial charge in [0.2, 0.25) is 0 Å². The summed E-state index contributed by atoms with van der Waals surface area (Å²) in [6.45, 7) is 4.33. The van der Waals surface area contributed by atoms with Crippen LogP contribution in [0.4, 0.5) is 4.79 Å². The summed E-state index contributed by atoms with van der Waals surface area (Å²) in [6, 6.07) is 9.43. The average Bonchev–Trinajstić information content (AvgIpc) is 2.48. The van der Waals surface area contributed by atoms with E-state index in [9.17, 15) is 14.7 Å². The van der Waals surface area contributed by atoms with Gasteiger partial charge in [0.25, 0.3) is 0 Å². The van der Waals surface area contributed by atoms with Crippen LogP contribution in [0.2, 0.25) is 0 Å². The summed E-state index contributed by atoms with van der Waals surface area (Å²) in [6.07, 6.45) is 0.156. The van der Waals surface area contributed by atoms with Gasteiger partial charge in [-0.05, 0) is 24.8 Å². The summed E-state index contributed by atoms with van der Waals surface area (Å²) in [4.78, 5) is 24.9. The predicted molar refractivity (Wildman–Crippen MR) is 77.7 cm³/mol. The molecule has 1 aromatic rings. The van der Waals surface area contributed by atoms with E-state index in [0.717, 1.165) is 5.56 Å². The normalized spacial score (nSPS) is 25.4. The topological polar surface area (TPSA) is 66.8 Å². The fraction of sp³-hybridized carbons (Fsp3) is 0.500. The maximum Gasteiger partial charge on any atom is 0.410 e. The van der Waals surface area contributed by atoms with Crippen molar-refractivity contribution in [3.8, 4) is 0 Å². The Balaban J connectivity index is 1.97. The van der Waals surface area contributed by atoms with Gasteiger partial charge in [-0.15, -0.1) is 0 Å². The van der Waals surface area contributed by atoms with Gasteiger partial charge in [-0.1, -0.05) is 37.3 Å². The summed E-state index contributed by atoms with van der Waals surface area (Å²) in [5.41, 5.74) is 0.915. The minimum Gasteiger partial charge on any atom is -0.481 e. The third-order valence-electron chi connectivity index (χ3n) is 4.18. The molecule has 1 aromatic carbocycles. The molecule has 5 nitrogen and oxygen atoms in total. The zero-order valence-electron chi connectivity index (χ0n) is 12.4. The van der Waals surface area contributed by atoms with Gasteiger partial charge in [-0.25, -0.2) is 4.79 Å². The van der Waals surface area contributed by atoms with Crippen LogP contribution in [0.25, 0.3) is 0 Å². The number of carbonyl (C=O) groups is 2. The standard InChI is InChI=1S/C16H21NO4/c1-11-8-14(15(18)19)9-17(12(11)2)16(20)21-10-13-6-4-3-5-7-13/h3-7,11-12,14H,8-10H2,1-2H3,(H,18,19)/t11-,12-,14+/m1/s1. The van der Waals surface area contributed by atoms with Gasteiger partial charge in [-0.3, -0.25) is 4.79 Å². The number of carbonyl (C=O) groups excluding carboxylic acids is 1. The van der Waals surface area contributed by atoms with E-state index < -0.39 is 18.0 Å². The molecule has 0 unspecified atom stereocenters. The van der Waals surface area contributed by atoms with Crippen molar-refractivity contribution in [2.45, 2.75) is 32.9 Å². The van der Waals surface area contributed by atoms with Crippen LogP contribution in [0.15, 0.2) is 30.3 Å². The molecule has 5 heteroatoms. The van der Waals surface area contributed by atoms with E-state index in [1.165, 1.54) is 4.90 Å². The van der Waals surface area contributed by atoms with E-state index in [1.54, 1.807) is 0 Å². The van der Waals surface area contributed by atoms with E-state index in [2.05, 4.69) is 0 Å². The molecule has 3 atom stereocenters. The summed E-state index contributed by atoms with van der Waals surface area (Å²) in [5.74, 6) is -1.22. The van der Waals surface area contributed by atoms with Gasteiger partial charge in [0.1, 0.15) is 6.61 Å². The molecule has 0 radical (unpaired) electrons. The van der Waals surface area contributed by atoms with Gasteiger partial charge >= 0.3 is 12.1 Å². The van der Waals surface area contributed by atoms with E-state index in [0.29, 0.717) is 6.42 Å². The maximum absolute atomic E-state index is 12.2. The number of amides is 1. The molecule has 21 heavy (non-hydrogen) atoms. The first kappa shape index (κ1) is 15.4. The molecular formula is C16H21NO4. The van der Waals surface area contributed by atoms with Crippen molar-refractivity contribution in [2.75, 3.05) is 6.54 Å². The Morgan fingerprint density at radius 2 is 1.95 bits per heavy atom. The minimum absolute atomic E-state index is 0.0103. The van der Waals surface area contributed by atoms with Gasteiger partial charge < -0.3 is 14.7 Å². The third-order valence-corrected chi connectivity index (χ3v) is 4.18. The molecule has 1 saturated heterocycles. The van der Waals surface area contributed by atoms with Crippen LogP contribution < -0.4 is 0 Å². The fourth-order valence-corrected chi connectivity index (χ4v) is 2.65. The molecule has 1 heterocycles. The van der Waals surface area contributed by atoms with E-state index in [4.69, 9.17) is 4.74 Å². The van der Waals surface area contributed by atoms with Crippen molar-refractivity contribution in [3.05, 3.63) is 35.9 Å². The molecule has 0 spiro atoms. The Labute approximate surface area is 124 Å². The van der Waals surface area contributed by atoms with Crippen molar-refractivity contribution >= 4 is 12.1 Å². The number of rotatable bonds is 3. The minimum atomic E-state index is -0.852. The number of carboxylic acid groups (broad SMARTS) is 1. The number of hydrogen-bond acceptors (Lipinski definition) is 3. The van der Waals surface area contributed by atoms with E-state index >= 15 is 0 Å². The summed E-state index contributed by atoms with van der Waals surface area (Å²) in [7, 11) is 0. The predicted octanol–water partition coefficient (Wildman–Crippen LogP) is 2.75. The summed E-state index contributed by atoms with van der Waals surface area (Å²) >= 11 is 0. The molecule has 0 aromatic heterocycles. The monoisotopic (exact) mass is 291 g/mol. The van der Waals surface area contributed by atoms with Gasteiger partial charge in [0.15, 0.2) is 0 Å². The second kappa shape index (κ2) is 6.61. The highest BCUT2D eigenvalue weighted by molar-refractivity contribution is 5.73. The Kier molecular flexibility index (Phi) is 4.83. The van der Waals surface area contributed by atoms with Crippen LogP contribution in [0.3, 0.4) is 0 Å². The fourth-order valence-electron chi connectivity index (χ4n) is 2.65. The number of likely N-dealkylation sites (tertiary alicyclic amines) is 1. The number of ether oxygens (including phenoxy) is 1. The molecule has 0 bridgehead atoms. The number of nitrogens with zero attached hydrogens (tertiary/aromatic N) is 1. The smallest absolute Gasteiger partial charge is 0.410 e. The van der Waals surface area contributed by atoms with Crippen molar-refractivity contribution in [1.82, 2.24) is 4.90 Å². The average molecular weight is 291 g/mol. The Morgan fingerprint density at radius 3 is 2.57 bits per heavy atom. The van der Waals surface area contributed by atoms with Crippen molar-refractivity contribution in [3.63, 3.8) is 0 Å². The van der Waals surface area contributed by atoms with Crippen molar-refractivity contribution in [2.24, 2.45) is 11.8 Å². The van der Waals surface area contributed by atoms with Crippen LogP contribution in [-0.4, -0.2) is 34.7 Å². The molecule has 1 aliphatic heterocycles. The molecule has 1 aliphatic rings. The van der Waals surface area contributed by atoms with Crippen LogP contribution in [-0.2, 0) is 16.1 Å². The zero-order chi connectivity index (χ0) is 15.4. The van der Waals surface area contributed by atoms with Crippen molar-refractivity contribution < 1.29 is 19.4 Å². The van der Waals surface area contributed by atoms with Gasteiger partial charge in [0.05, 0.1) is 5.92 Å². The van der Waals surface area contributed by atoms with E-state index in [-0.39, 0.29) is 25.1 Å². The zero-order valence-corrected chi connectivity index (χ0v) is 12.4. The highest BCUT2D eigenvalue weighted by Gasteiger charge is 2.37. The Morgan fingerprint density at radius 1 is 1.29 bits per heavy atom. The second-order valence-corrected chi connectivity index (χ2v) is 5.68. The molecule has 0 aliphatic carbocycles. The molecular weight excluding hydrogens is 270 g/mol. The van der Waals surface area contributed by atoms with Crippen LogP contribution in [0.5, 0.6) is 0 Å². The summed E-state index contributed by atoms with van der Waals surface area (Å²) < 4.78 is 5.31. The number of aliphatic carboxylic acids is 1. The lowest BCUT2D eigenvalue weighted by Gasteiger charge is -2.39.